The van der Waals surface area contributed by atoms with E-state index in [1.54, 1.807) is 0 Å². The van der Waals surface area contributed by atoms with Crippen LogP contribution in [0, 0.1) is 0 Å². The van der Waals surface area contributed by atoms with Gasteiger partial charge in [-0.25, -0.2) is 0 Å². The number of rotatable bonds is 6. The Hall–Kier alpha value is -6.94. The van der Waals surface area contributed by atoms with Crippen LogP contribution in [0.15, 0.2) is 206 Å². The lowest BCUT2D eigenvalue weighted by Crippen LogP contribution is -1.99. The normalized spacial score (nSPS) is 11.6. The summed E-state index contributed by atoms with van der Waals surface area (Å²) in [6.07, 6.45) is 0. The molecule has 8 aromatic carbocycles. The quantitative estimate of drug-likeness (QED) is 0.162. The van der Waals surface area contributed by atoms with Gasteiger partial charge in [-0.2, -0.15) is 0 Å². The maximum atomic E-state index is 2.51. The minimum atomic E-state index is 1.14. The number of hydrogen-bond donors (Lipinski definition) is 0. The number of para-hydroxylation sites is 3. The number of aromatic nitrogens is 2. The molecule has 0 aliphatic heterocycles. The van der Waals surface area contributed by atoms with Crippen molar-refractivity contribution in [3.63, 3.8) is 0 Å². The van der Waals surface area contributed by atoms with Crippen LogP contribution in [0.3, 0.4) is 0 Å². The van der Waals surface area contributed by atoms with Crippen LogP contribution in [0.5, 0.6) is 0 Å². The summed E-state index contributed by atoms with van der Waals surface area (Å²) < 4.78 is 7.56. The van der Waals surface area contributed by atoms with Gasteiger partial charge in [0.1, 0.15) is 0 Å². The fourth-order valence-electron chi connectivity index (χ4n) is 8.55. The Morgan fingerprint density at radius 1 is 0.291 bits per heavy atom. The van der Waals surface area contributed by atoms with E-state index < -0.39 is 0 Å². The van der Waals surface area contributed by atoms with E-state index in [-0.39, 0.29) is 0 Å². The molecule has 2 nitrogen and oxygen atoms in total. The van der Waals surface area contributed by atoms with E-state index in [9.17, 15) is 0 Å². The molecule has 0 radical (unpaired) electrons. The second kappa shape index (κ2) is 12.9. The molecule has 11 aromatic rings. The highest BCUT2D eigenvalue weighted by molar-refractivity contribution is 7.25. The largest absolute Gasteiger partial charge is 0.309 e. The summed E-state index contributed by atoms with van der Waals surface area (Å²) in [4.78, 5) is 0. The Labute approximate surface area is 323 Å². The lowest BCUT2D eigenvalue weighted by molar-refractivity contribution is 1.13. The van der Waals surface area contributed by atoms with Crippen molar-refractivity contribution in [1.82, 2.24) is 9.13 Å². The molecular formula is C52H34N2S. The van der Waals surface area contributed by atoms with Crippen LogP contribution in [0.4, 0.5) is 0 Å². The van der Waals surface area contributed by atoms with E-state index in [2.05, 4.69) is 215 Å². The summed E-state index contributed by atoms with van der Waals surface area (Å²) in [6, 6.07) is 75.2. The van der Waals surface area contributed by atoms with Crippen LogP contribution < -0.4 is 0 Å². The zero-order valence-electron chi connectivity index (χ0n) is 29.9. The maximum Gasteiger partial charge on any atom is 0.0620 e. The fourth-order valence-corrected chi connectivity index (χ4v) is 9.69. The van der Waals surface area contributed by atoms with Crippen molar-refractivity contribution in [2.24, 2.45) is 0 Å². The third-order valence-electron chi connectivity index (χ3n) is 10.9. The minimum Gasteiger partial charge on any atom is -0.309 e. The smallest absolute Gasteiger partial charge is 0.0620 e. The molecule has 0 amide bonds. The summed E-state index contributed by atoms with van der Waals surface area (Å²) in [7, 11) is 0. The Balaban J connectivity index is 1.29. The highest BCUT2D eigenvalue weighted by atomic mass is 32.1. The van der Waals surface area contributed by atoms with Crippen molar-refractivity contribution >= 4 is 53.3 Å². The van der Waals surface area contributed by atoms with Gasteiger partial charge in [-0.1, -0.05) is 164 Å². The Morgan fingerprint density at radius 3 is 1.36 bits per heavy atom. The van der Waals surface area contributed by atoms with Gasteiger partial charge in [0.15, 0.2) is 0 Å². The molecule has 0 saturated carbocycles. The molecular weight excluding hydrogens is 685 g/mol. The highest BCUT2D eigenvalue weighted by Gasteiger charge is 2.29. The molecule has 0 fully saturated rings. The van der Waals surface area contributed by atoms with Gasteiger partial charge in [-0.15, -0.1) is 11.3 Å². The molecule has 3 heteroatoms. The third-order valence-corrected chi connectivity index (χ3v) is 12.1. The van der Waals surface area contributed by atoms with Crippen molar-refractivity contribution in [3.05, 3.63) is 206 Å². The maximum absolute atomic E-state index is 2.51. The summed E-state index contributed by atoms with van der Waals surface area (Å²) >= 11 is 1.87. The molecule has 0 saturated heterocycles. The Kier molecular flexibility index (Phi) is 7.39. The fraction of sp³-hybridized carbons (Fsp3) is 0. The van der Waals surface area contributed by atoms with E-state index in [0.29, 0.717) is 0 Å². The average Bonchev–Trinajstić information content (AvgIpc) is 3.92. The molecule has 55 heavy (non-hydrogen) atoms. The summed E-state index contributed by atoms with van der Waals surface area (Å²) in [5.41, 5.74) is 14.2. The van der Waals surface area contributed by atoms with Crippen LogP contribution in [0.1, 0.15) is 0 Å². The van der Waals surface area contributed by atoms with Crippen LogP contribution in [-0.2, 0) is 0 Å². The number of thiophene rings is 1. The predicted octanol–water partition coefficient (Wildman–Crippen LogP) is 14.6. The lowest BCUT2D eigenvalue weighted by Gasteiger charge is -2.16. The zero-order valence-corrected chi connectivity index (χ0v) is 30.7. The molecule has 0 unspecified atom stereocenters. The number of fused-ring (bicyclic) bond motifs is 5. The monoisotopic (exact) mass is 718 g/mol. The lowest BCUT2D eigenvalue weighted by atomic mass is 9.93. The molecule has 0 atom stereocenters. The van der Waals surface area contributed by atoms with Crippen LogP contribution in [-0.4, -0.2) is 9.13 Å². The molecule has 258 valence electrons. The van der Waals surface area contributed by atoms with E-state index >= 15 is 0 Å². The number of benzene rings is 8. The Bertz CT molecular complexity index is 3170. The summed E-state index contributed by atoms with van der Waals surface area (Å²) in [5.74, 6) is 0. The van der Waals surface area contributed by atoms with E-state index in [1.165, 1.54) is 81.2 Å². The van der Waals surface area contributed by atoms with Crippen LogP contribution >= 0.6 is 11.3 Å². The van der Waals surface area contributed by atoms with Crippen LogP contribution in [0.2, 0.25) is 0 Å². The van der Waals surface area contributed by atoms with Crippen LogP contribution in [0.25, 0.3) is 98.1 Å². The van der Waals surface area contributed by atoms with Crippen molar-refractivity contribution in [1.29, 1.82) is 0 Å². The summed E-state index contributed by atoms with van der Waals surface area (Å²) in [5, 5.41) is 5.04. The molecule has 0 spiro atoms. The molecule has 0 bridgehead atoms. The predicted molar refractivity (Wildman–Crippen MR) is 235 cm³/mol. The van der Waals surface area contributed by atoms with E-state index in [4.69, 9.17) is 0 Å². The first-order valence-electron chi connectivity index (χ1n) is 18.8. The minimum absolute atomic E-state index is 1.14. The van der Waals surface area contributed by atoms with Crippen molar-refractivity contribution in [2.75, 3.05) is 0 Å². The zero-order chi connectivity index (χ0) is 36.3. The first-order valence-corrected chi connectivity index (χ1v) is 19.6. The van der Waals surface area contributed by atoms with Crippen molar-refractivity contribution in [3.8, 4) is 56.1 Å². The summed E-state index contributed by atoms with van der Waals surface area (Å²) in [6.45, 7) is 0. The van der Waals surface area contributed by atoms with Gasteiger partial charge < -0.3 is 9.13 Å². The second-order valence-electron chi connectivity index (χ2n) is 14.1. The molecule has 3 aromatic heterocycles. The van der Waals surface area contributed by atoms with Gasteiger partial charge in [-0.05, 0) is 64.7 Å². The van der Waals surface area contributed by atoms with Gasteiger partial charge in [0, 0.05) is 53.4 Å². The second-order valence-corrected chi connectivity index (χ2v) is 15.2. The SMILES string of the molecule is c1ccc(-c2ccc(-c3c(-c4c(-c5ccccc5)n(-c5ccccc5)c5ccccc45)c4ccccc4n3-c3ccc4c(c3)sc3ccccc34)cc2)cc1. The van der Waals surface area contributed by atoms with E-state index in [0.717, 1.165) is 16.9 Å². The van der Waals surface area contributed by atoms with Gasteiger partial charge >= 0.3 is 0 Å². The van der Waals surface area contributed by atoms with Gasteiger partial charge in [-0.3, -0.25) is 0 Å². The van der Waals surface area contributed by atoms with E-state index in [1.807, 2.05) is 11.3 Å². The standard InChI is InChI=1S/C52H34N2S/c1-4-16-35(17-5-1)36-28-30-38(31-29-36)52-50(44-24-11-14-26-46(44)54(52)40-32-33-42-41-22-12-15-27-47(41)55-48(42)34-40)49-43-23-10-13-25-45(43)53(39-20-8-3-9-21-39)51(49)37-18-6-2-7-19-37/h1-34H. The molecule has 11 rings (SSSR count). The van der Waals surface area contributed by atoms with Gasteiger partial charge in [0.2, 0.25) is 0 Å². The third kappa shape index (κ3) is 5.09. The molecule has 0 aliphatic rings. The number of nitrogens with zero attached hydrogens (tertiary/aromatic N) is 2. The first-order chi connectivity index (χ1) is 27.3. The van der Waals surface area contributed by atoms with Gasteiger partial charge in [0.05, 0.1) is 22.4 Å². The molecule has 0 N–H and O–H groups in total. The highest BCUT2D eigenvalue weighted by Crippen LogP contribution is 2.51. The van der Waals surface area contributed by atoms with Crippen molar-refractivity contribution in [2.45, 2.75) is 0 Å². The van der Waals surface area contributed by atoms with Crippen molar-refractivity contribution < 1.29 is 0 Å². The first kappa shape index (κ1) is 31.6. The average molecular weight is 719 g/mol. The topological polar surface area (TPSA) is 9.86 Å². The Morgan fingerprint density at radius 2 is 0.727 bits per heavy atom. The molecule has 3 heterocycles. The van der Waals surface area contributed by atoms with Gasteiger partial charge in [0.25, 0.3) is 0 Å². The number of hydrogen-bond acceptors (Lipinski definition) is 1. The molecule has 0 aliphatic carbocycles.